The molecule has 94 valence electrons. The highest BCUT2D eigenvalue weighted by molar-refractivity contribution is 7.89. The summed E-state index contributed by atoms with van der Waals surface area (Å²) in [5.74, 6) is 0. The fourth-order valence-electron chi connectivity index (χ4n) is 2.01. The molecule has 0 amide bonds. The molecule has 1 saturated heterocycles. The first-order valence-corrected chi connectivity index (χ1v) is 7.22. The van der Waals surface area contributed by atoms with E-state index in [9.17, 15) is 13.5 Å². The number of nitrogens with zero attached hydrogens (tertiary/aromatic N) is 1. The average Bonchev–Trinajstić information content (AvgIpc) is 2.30. The van der Waals surface area contributed by atoms with E-state index >= 15 is 0 Å². The molecule has 0 bridgehead atoms. The van der Waals surface area contributed by atoms with Crippen LogP contribution in [0.2, 0.25) is 0 Å². The third-order valence-electron chi connectivity index (χ3n) is 3.05. The highest BCUT2D eigenvalue weighted by atomic mass is 32.2. The Bertz CT molecular complexity index is 481. The normalized spacial score (nSPS) is 22.6. The van der Waals surface area contributed by atoms with Gasteiger partial charge in [0.05, 0.1) is 4.90 Å². The number of piperidine rings is 1. The number of sulfonamides is 1. The second kappa shape index (κ2) is 4.76. The summed E-state index contributed by atoms with van der Waals surface area (Å²) in [6, 6.07) is 6.71. The van der Waals surface area contributed by atoms with E-state index in [0.717, 1.165) is 18.4 Å². The van der Waals surface area contributed by atoms with Crippen molar-refractivity contribution in [2.45, 2.75) is 37.3 Å². The second-order valence-electron chi connectivity index (χ2n) is 4.41. The number of aliphatic hydroxyl groups excluding tert-OH is 1. The summed E-state index contributed by atoms with van der Waals surface area (Å²) >= 11 is 0. The van der Waals surface area contributed by atoms with E-state index in [-0.39, 0.29) is 4.90 Å². The molecule has 1 aliphatic heterocycles. The lowest BCUT2D eigenvalue weighted by Gasteiger charge is -2.30. The van der Waals surface area contributed by atoms with Crippen molar-refractivity contribution in [2.24, 2.45) is 0 Å². The molecule has 2 rings (SSSR count). The Hall–Kier alpha value is -0.910. The molecule has 17 heavy (non-hydrogen) atoms. The first-order valence-electron chi connectivity index (χ1n) is 5.78. The monoisotopic (exact) mass is 255 g/mol. The van der Waals surface area contributed by atoms with Crippen LogP contribution in [0.1, 0.15) is 24.8 Å². The van der Waals surface area contributed by atoms with Gasteiger partial charge >= 0.3 is 0 Å². The smallest absolute Gasteiger partial charge is 0.245 e. The zero-order valence-corrected chi connectivity index (χ0v) is 10.7. The van der Waals surface area contributed by atoms with Crippen LogP contribution in [0, 0.1) is 6.92 Å². The third-order valence-corrected chi connectivity index (χ3v) is 4.96. The van der Waals surface area contributed by atoms with Gasteiger partial charge < -0.3 is 5.11 Å². The number of hydrogen-bond acceptors (Lipinski definition) is 3. The molecule has 0 aromatic heterocycles. The molecule has 1 fully saturated rings. The molecule has 1 unspecified atom stereocenters. The van der Waals surface area contributed by atoms with Crippen molar-refractivity contribution >= 4 is 10.0 Å². The molecule has 4 nitrogen and oxygen atoms in total. The predicted molar refractivity (Wildman–Crippen MR) is 64.9 cm³/mol. The van der Waals surface area contributed by atoms with E-state index in [4.69, 9.17) is 0 Å². The molecule has 0 radical (unpaired) electrons. The van der Waals surface area contributed by atoms with Gasteiger partial charge in [-0.05, 0) is 38.3 Å². The summed E-state index contributed by atoms with van der Waals surface area (Å²) in [5.41, 5.74) is 1.02. The van der Waals surface area contributed by atoms with E-state index < -0.39 is 16.3 Å². The van der Waals surface area contributed by atoms with Crippen molar-refractivity contribution < 1.29 is 13.5 Å². The summed E-state index contributed by atoms with van der Waals surface area (Å²) in [4.78, 5) is 0.254. The Labute approximate surface area is 102 Å². The van der Waals surface area contributed by atoms with Gasteiger partial charge in [0, 0.05) is 6.54 Å². The molecule has 0 aliphatic carbocycles. The topological polar surface area (TPSA) is 57.6 Å². The maximum Gasteiger partial charge on any atom is 0.245 e. The van der Waals surface area contributed by atoms with Gasteiger partial charge in [-0.3, -0.25) is 0 Å². The number of benzene rings is 1. The molecule has 1 heterocycles. The maximum absolute atomic E-state index is 12.3. The Kier molecular flexibility index (Phi) is 3.51. The van der Waals surface area contributed by atoms with Crippen LogP contribution >= 0.6 is 0 Å². The predicted octanol–water partition coefficient (Wildman–Crippen LogP) is 1.49. The SMILES string of the molecule is Cc1ccc(S(=O)(=O)N2CCCCC2O)cc1. The summed E-state index contributed by atoms with van der Waals surface area (Å²) in [5, 5.41) is 9.77. The quantitative estimate of drug-likeness (QED) is 0.871. The van der Waals surface area contributed by atoms with Crippen LogP contribution in [0.5, 0.6) is 0 Å². The Balaban J connectivity index is 2.32. The number of hydrogen-bond donors (Lipinski definition) is 1. The van der Waals surface area contributed by atoms with Crippen LogP contribution in [-0.4, -0.2) is 30.6 Å². The van der Waals surface area contributed by atoms with Gasteiger partial charge in [-0.15, -0.1) is 0 Å². The Morgan fingerprint density at radius 1 is 1.24 bits per heavy atom. The Morgan fingerprint density at radius 2 is 1.88 bits per heavy atom. The Morgan fingerprint density at radius 3 is 2.47 bits per heavy atom. The van der Waals surface area contributed by atoms with Gasteiger partial charge in [-0.1, -0.05) is 17.7 Å². The first-order chi connectivity index (χ1) is 8.01. The summed E-state index contributed by atoms with van der Waals surface area (Å²) in [6.45, 7) is 2.31. The molecule has 1 aliphatic rings. The average molecular weight is 255 g/mol. The second-order valence-corrected chi connectivity index (χ2v) is 6.30. The van der Waals surface area contributed by atoms with Crippen LogP contribution in [-0.2, 0) is 10.0 Å². The lowest BCUT2D eigenvalue weighted by atomic mass is 10.1. The van der Waals surface area contributed by atoms with Crippen LogP contribution in [0.25, 0.3) is 0 Å². The van der Waals surface area contributed by atoms with E-state index in [1.54, 1.807) is 24.3 Å². The minimum atomic E-state index is -3.54. The zero-order chi connectivity index (χ0) is 12.5. The van der Waals surface area contributed by atoms with Crippen molar-refractivity contribution in [3.05, 3.63) is 29.8 Å². The van der Waals surface area contributed by atoms with Crippen molar-refractivity contribution in [1.29, 1.82) is 0 Å². The minimum absolute atomic E-state index is 0.254. The number of rotatable bonds is 2. The molecule has 1 atom stereocenters. The summed E-state index contributed by atoms with van der Waals surface area (Å²) in [6.07, 6.45) is 1.32. The van der Waals surface area contributed by atoms with Gasteiger partial charge in [0.2, 0.25) is 10.0 Å². The largest absolute Gasteiger partial charge is 0.377 e. The maximum atomic E-state index is 12.3. The fraction of sp³-hybridized carbons (Fsp3) is 0.500. The van der Waals surface area contributed by atoms with E-state index in [1.165, 1.54) is 4.31 Å². The van der Waals surface area contributed by atoms with Crippen molar-refractivity contribution in [3.8, 4) is 0 Å². The standard InChI is InChI=1S/C12H17NO3S/c1-10-5-7-11(8-6-10)17(15,16)13-9-3-2-4-12(13)14/h5-8,12,14H,2-4,9H2,1H3. The number of aliphatic hydroxyl groups is 1. The zero-order valence-electron chi connectivity index (χ0n) is 9.83. The van der Waals surface area contributed by atoms with E-state index in [1.807, 2.05) is 6.92 Å². The number of aryl methyl sites for hydroxylation is 1. The molecule has 1 aromatic carbocycles. The molecule has 5 heteroatoms. The lowest BCUT2D eigenvalue weighted by molar-refractivity contribution is 0.0334. The van der Waals surface area contributed by atoms with Crippen LogP contribution < -0.4 is 0 Å². The van der Waals surface area contributed by atoms with E-state index in [0.29, 0.717) is 13.0 Å². The van der Waals surface area contributed by atoms with E-state index in [2.05, 4.69) is 0 Å². The van der Waals surface area contributed by atoms with Crippen molar-refractivity contribution in [3.63, 3.8) is 0 Å². The molecule has 1 N–H and O–H groups in total. The van der Waals surface area contributed by atoms with Gasteiger partial charge in [-0.2, -0.15) is 4.31 Å². The van der Waals surface area contributed by atoms with Crippen molar-refractivity contribution in [2.75, 3.05) is 6.54 Å². The van der Waals surface area contributed by atoms with Gasteiger partial charge in [-0.25, -0.2) is 8.42 Å². The minimum Gasteiger partial charge on any atom is -0.377 e. The van der Waals surface area contributed by atoms with Gasteiger partial charge in [0.1, 0.15) is 6.23 Å². The summed E-state index contributed by atoms with van der Waals surface area (Å²) < 4.78 is 25.7. The fourth-order valence-corrected chi connectivity index (χ4v) is 3.56. The van der Waals surface area contributed by atoms with Crippen molar-refractivity contribution in [1.82, 2.24) is 4.31 Å². The van der Waals surface area contributed by atoms with Crippen LogP contribution in [0.4, 0.5) is 0 Å². The highest BCUT2D eigenvalue weighted by Gasteiger charge is 2.31. The molecular formula is C12H17NO3S. The van der Waals surface area contributed by atoms with Crippen LogP contribution in [0.15, 0.2) is 29.2 Å². The van der Waals surface area contributed by atoms with Crippen LogP contribution in [0.3, 0.4) is 0 Å². The molecule has 0 spiro atoms. The van der Waals surface area contributed by atoms with Gasteiger partial charge in [0.15, 0.2) is 0 Å². The van der Waals surface area contributed by atoms with Gasteiger partial charge in [0.25, 0.3) is 0 Å². The first kappa shape index (κ1) is 12.5. The lowest BCUT2D eigenvalue weighted by Crippen LogP contribution is -2.43. The summed E-state index contributed by atoms with van der Waals surface area (Å²) in [7, 11) is -3.54. The third kappa shape index (κ3) is 2.51. The molecular weight excluding hydrogens is 238 g/mol. The highest BCUT2D eigenvalue weighted by Crippen LogP contribution is 2.24. The molecule has 0 saturated carbocycles. The molecule has 1 aromatic rings.